The number of rotatable bonds is 4. The molecule has 0 radical (unpaired) electrons. The van der Waals surface area contributed by atoms with Crippen molar-refractivity contribution in [3.63, 3.8) is 0 Å². The lowest BCUT2D eigenvalue weighted by molar-refractivity contribution is -0.144. The quantitative estimate of drug-likeness (QED) is 0.682. The van der Waals surface area contributed by atoms with Gasteiger partial charge in [0.2, 0.25) is 0 Å². The molecule has 0 bridgehead atoms. The van der Waals surface area contributed by atoms with E-state index in [0.29, 0.717) is 12.4 Å². The summed E-state index contributed by atoms with van der Waals surface area (Å²) in [5, 5.41) is 11.8. The molecule has 1 amide bonds. The van der Waals surface area contributed by atoms with E-state index in [4.69, 9.17) is 15.2 Å². The van der Waals surface area contributed by atoms with Crippen LogP contribution in [0.5, 0.6) is 5.75 Å². The van der Waals surface area contributed by atoms with Crippen LogP contribution in [-0.4, -0.2) is 42.8 Å². The highest BCUT2D eigenvalue weighted by molar-refractivity contribution is 6.02. The van der Waals surface area contributed by atoms with Gasteiger partial charge in [-0.1, -0.05) is 0 Å². The first-order valence-electron chi connectivity index (χ1n) is 6.06. The average molecular weight is 280 g/mol. The maximum Gasteiger partial charge on any atom is 0.331 e. The number of methoxy groups -OCH3 is 1. The minimum atomic E-state index is -1.39. The molecule has 7 heteroatoms. The van der Waals surface area contributed by atoms with Crippen LogP contribution in [0.25, 0.3) is 0 Å². The van der Waals surface area contributed by atoms with E-state index in [0.717, 1.165) is 0 Å². The van der Waals surface area contributed by atoms with Crippen LogP contribution in [0.15, 0.2) is 18.2 Å². The molecule has 0 aromatic heterocycles. The number of nitrogen functional groups attached to an aromatic ring is 1. The molecule has 1 fully saturated rings. The predicted octanol–water partition coefficient (Wildman–Crippen LogP) is 0.251. The van der Waals surface area contributed by atoms with E-state index >= 15 is 0 Å². The Morgan fingerprint density at radius 1 is 1.50 bits per heavy atom. The fourth-order valence-corrected chi connectivity index (χ4v) is 2.04. The second kappa shape index (κ2) is 5.38. The van der Waals surface area contributed by atoms with Gasteiger partial charge in [-0.3, -0.25) is 4.79 Å². The summed E-state index contributed by atoms with van der Waals surface area (Å²) in [6, 6.07) is 4.59. The molecule has 108 valence electrons. The maximum atomic E-state index is 12.2. The van der Waals surface area contributed by atoms with Crippen molar-refractivity contribution >= 4 is 17.6 Å². The van der Waals surface area contributed by atoms with Crippen molar-refractivity contribution in [1.29, 1.82) is 0 Å². The number of carbonyl (C=O) groups excluding carboxylic acids is 1. The molecule has 20 heavy (non-hydrogen) atoms. The molecule has 7 nitrogen and oxygen atoms in total. The van der Waals surface area contributed by atoms with Gasteiger partial charge in [-0.2, -0.15) is 0 Å². The zero-order valence-electron chi connectivity index (χ0n) is 11.0. The summed E-state index contributed by atoms with van der Waals surface area (Å²) in [4.78, 5) is 23.5. The van der Waals surface area contributed by atoms with Crippen molar-refractivity contribution in [3.05, 3.63) is 23.8 Å². The van der Waals surface area contributed by atoms with E-state index < -0.39 is 17.4 Å². The zero-order chi connectivity index (χ0) is 14.8. The van der Waals surface area contributed by atoms with Crippen LogP contribution >= 0.6 is 0 Å². The molecule has 1 aromatic carbocycles. The third kappa shape index (κ3) is 2.53. The van der Waals surface area contributed by atoms with Gasteiger partial charge < -0.3 is 25.6 Å². The Morgan fingerprint density at radius 3 is 2.75 bits per heavy atom. The summed E-state index contributed by atoms with van der Waals surface area (Å²) in [6.07, 6.45) is 0.226. The van der Waals surface area contributed by atoms with Crippen LogP contribution in [0.1, 0.15) is 16.8 Å². The molecular formula is C13H16N2O5. The van der Waals surface area contributed by atoms with Gasteiger partial charge in [-0.15, -0.1) is 0 Å². The summed E-state index contributed by atoms with van der Waals surface area (Å²) >= 11 is 0. The summed E-state index contributed by atoms with van der Waals surface area (Å²) in [6.45, 7) is 0.245. The van der Waals surface area contributed by atoms with Gasteiger partial charge in [-0.05, 0) is 12.1 Å². The Morgan fingerprint density at radius 2 is 2.25 bits per heavy atom. The van der Waals surface area contributed by atoms with Crippen molar-refractivity contribution in [2.75, 3.05) is 26.1 Å². The number of aliphatic carboxylic acids is 1. The highest BCUT2D eigenvalue weighted by atomic mass is 16.5. The zero-order valence-corrected chi connectivity index (χ0v) is 11.0. The first kappa shape index (κ1) is 14.1. The molecule has 0 spiro atoms. The van der Waals surface area contributed by atoms with Crippen LogP contribution in [-0.2, 0) is 9.53 Å². The summed E-state index contributed by atoms with van der Waals surface area (Å²) < 4.78 is 10.1. The first-order valence-corrected chi connectivity index (χ1v) is 6.06. The number of carbonyl (C=O) groups is 2. The van der Waals surface area contributed by atoms with E-state index in [1.165, 1.54) is 19.2 Å². The first-order chi connectivity index (χ1) is 9.48. The normalized spacial score (nSPS) is 21.4. The number of ether oxygens (including phenoxy) is 2. The number of amides is 1. The van der Waals surface area contributed by atoms with Gasteiger partial charge in [0.1, 0.15) is 5.75 Å². The highest BCUT2D eigenvalue weighted by Crippen LogP contribution is 2.23. The molecule has 1 aromatic rings. The smallest absolute Gasteiger partial charge is 0.331 e. The largest absolute Gasteiger partial charge is 0.497 e. The molecule has 1 heterocycles. The lowest BCUT2D eigenvalue weighted by Crippen LogP contribution is -2.55. The molecule has 0 aliphatic carbocycles. The molecule has 0 saturated carbocycles. The fraction of sp³-hybridized carbons (Fsp3) is 0.385. The standard InChI is InChI=1S/C13H16N2O5/c1-19-8-2-3-9(10(14)6-8)11(16)15-13(12(17)18)4-5-20-7-13/h2-3,6H,4-5,7,14H2,1H3,(H,15,16)(H,17,18). The SMILES string of the molecule is COc1ccc(C(=O)NC2(C(=O)O)CCOC2)c(N)c1. The van der Waals surface area contributed by atoms with E-state index in [2.05, 4.69) is 5.32 Å². The van der Waals surface area contributed by atoms with Gasteiger partial charge in [0.05, 0.1) is 19.3 Å². The third-order valence-electron chi connectivity index (χ3n) is 3.29. The molecule has 1 aliphatic heterocycles. The Bertz CT molecular complexity index is 538. The molecular weight excluding hydrogens is 264 g/mol. The van der Waals surface area contributed by atoms with Gasteiger partial charge in [0.15, 0.2) is 5.54 Å². The second-order valence-corrected chi connectivity index (χ2v) is 4.60. The van der Waals surface area contributed by atoms with Crippen molar-refractivity contribution in [2.24, 2.45) is 0 Å². The van der Waals surface area contributed by atoms with Crippen molar-refractivity contribution < 1.29 is 24.2 Å². The number of carboxylic acids is 1. The van der Waals surface area contributed by atoms with Gasteiger partial charge >= 0.3 is 5.97 Å². The van der Waals surface area contributed by atoms with E-state index in [1.54, 1.807) is 6.07 Å². The van der Waals surface area contributed by atoms with Crippen LogP contribution < -0.4 is 15.8 Å². The Labute approximate surface area is 115 Å². The number of nitrogens with one attached hydrogen (secondary N) is 1. The van der Waals surface area contributed by atoms with Gasteiger partial charge in [0.25, 0.3) is 5.91 Å². The van der Waals surface area contributed by atoms with Crippen LogP contribution in [0.2, 0.25) is 0 Å². The second-order valence-electron chi connectivity index (χ2n) is 4.60. The summed E-state index contributed by atoms with van der Waals surface area (Å²) in [7, 11) is 1.49. The minimum Gasteiger partial charge on any atom is -0.497 e. The number of benzene rings is 1. The molecule has 1 unspecified atom stereocenters. The summed E-state index contributed by atoms with van der Waals surface area (Å²) in [5.41, 5.74) is 4.82. The molecule has 2 rings (SSSR count). The van der Waals surface area contributed by atoms with E-state index in [-0.39, 0.29) is 24.3 Å². The Balaban J connectivity index is 2.21. The van der Waals surface area contributed by atoms with Crippen molar-refractivity contribution in [3.8, 4) is 5.75 Å². The highest BCUT2D eigenvalue weighted by Gasteiger charge is 2.44. The maximum absolute atomic E-state index is 12.2. The lowest BCUT2D eigenvalue weighted by atomic mass is 9.98. The van der Waals surface area contributed by atoms with Crippen molar-refractivity contribution in [2.45, 2.75) is 12.0 Å². The number of hydrogen-bond donors (Lipinski definition) is 3. The lowest BCUT2D eigenvalue weighted by Gasteiger charge is -2.24. The van der Waals surface area contributed by atoms with E-state index in [1.807, 2.05) is 0 Å². The summed E-state index contributed by atoms with van der Waals surface area (Å²) in [5.74, 6) is -1.13. The number of carboxylic acid groups (broad SMARTS) is 1. The Hall–Kier alpha value is -2.28. The topological polar surface area (TPSA) is 111 Å². The molecule has 1 aliphatic rings. The van der Waals surface area contributed by atoms with Crippen LogP contribution in [0.3, 0.4) is 0 Å². The number of nitrogens with two attached hydrogens (primary N) is 1. The average Bonchev–Trinajstić information content (AvgIpc) is 2.88. The fourth-order valence-electron chi connectivity index (χ4n) is 2.04. The van der Waals surface area contributed by atoms with Crippen molar-refractivity contribution in [1.82, 2.24) is 5.32 Å². The molecule has 4 N–H and O–H groups in total. The minimum absolute atomic E-state index is 0.0515. The molecule has 1 saturated heterocycles. The number of hydrogen-bond acceptors (Lipinski definition) is 5. The van der Waals surface area contributed by atoms with Gasteiger partial charge in [0, 0.05) is 24.8 Å². The number of anilines is 1. The molecule has 1 atom stereocenters. The monoisotopic (exact) mass is 280 g/mol. The predicted molar refractivity (Wildman–Crippen MR) is 70.7 cm³/mol. The van der Waals surface area contributed by atoms with Crippen LogP contribution in [0, 0.1) is 0 Å². The van der Waals surface area contributed by atoms with Gasteiger partial charge in [-0.25, -0.2) is 4.79 Å². The van der Waals surface area contributed by atoms with E-state index in [9.17, 15) is 14.7 Å². The Kier molecular flexibility index (Phi) is 3.80. The van der Waals surface area contributed by atoms with Crippen LogP contribution in [0.4, 0.5) is 5.69 Å². The third-order valence-corrected chi connectivity index (χ3v) is 3.29.